The molecule has 2 aromatic heterocycles. The van der Waals surface area contributed by atoms with Gasteiger partial charge in [-0.2, -0.15) is 4.98 Å². The number of hydrogen-bond donors (Lipinski definition) is 1. The zero-order chi connectivity index (χ0) is 20.4. The molecule has 8 heteroatoms. The SMILES string of the molecule is CC1COC(c2nc(-c3ccc(F)cc3)c(-c3ccnc(OC(C)C)n3)[nH]2)OC1. The normalized spacial score (nSPS) is 19.5. The Bertz CT molecular complexity index is 966. The van der Waals surface area contributed by atoms with Crippen molar-refractivity contribution in [2.24, 2.45) is 5.92 Å². The third-order valence-electron chi connectivity index (χ3n) is 4.36. The first-order chi connectivity index (χ1) is 14.0. The van der Waals surface area contributed by atoms with Crippen LogP contribution in [0.4, 0.5) is 4.39 Å². The number of benzene rings is 1. The first-order valence-corrected chi connectivity index (χ1v) is 9.58. The highest BCUT2D eigenvalue weighted by Crippen LogP contribution is 2.33. The number of halogens is 1. The first kappa shape index (κ1) is 19.5. The summed E-state index contributed by atoms with van der Waals surface area (Å²) >= 11 is 0. The molecule has 1 fully saturated rings. The van der Waals surface area contributed by atoms with Gasteiger partial charge in [-0.15, -0.1) is 0 Å². The maximum atomic E-state index is 13.4. The van der Waals surface area contributed by atoms with E-state index in [-0.39, 0.29) is 17.9 Å². The Morgan fingerprint density at radius 3 is 2.52 bits per heavy atom. The quantitative estimate of drug-likeness (QED) is 0.696. The lowest BCUT2D eigenvalue weighted by Crippen LogP contribution is -2.25. The Balaban J connectivity index is 1.76. The summed E-state index contributed by atoms with van der Waals surface area (Å²) in [6.07, 6.45) is 0.988. The number of imidazole rings is 1. The molecule has 1 N–H and O–H groups in total. The van der Waals surface area contributed by atoms with E-state index >= 15 is 0 Å². The molecular formula is C21H23FN4O3. The molecule has 29 heavy (non-hydrogen) atoms. The van der Waals surface area contributed by atoms with Crippen molar-refractivity contribution < 1.29 is 18.6 Å². The van der Waals surface area contributed by atoms with Crippen molar-refractivity contribution in [3.8, 4) is 28.7 Å². The number of H-pyrrole nitrogens is 1. The predicted molar refractivity (Wildman–Crippen MR) is 105 cm³/mol. The largest absolute Gasteiger partial charge is 0.461 e. The fourth-order valence-electron chi connectivity index (χ4n) is 3.01. The second kappa shape index (κ2) is 8.26. The molecule has 4 rings (SSSR count). The van der Waals surface area contributed by atoms with Gasteiger partial charge < -0.3 is 19.2 Å². The molecule has 1 aliphatic heterocycles. The number of hydrogen-bond acceptors (Lipinski definition) is 6. The van der Waals surface area contributed by atoms with Gasteiger partial charge in [0.25, 0.3) is 0 Å². The Labute approximate surface area is 168 Å². The molecule has 1 saturated heterocycles. The summed E-state index contributed by atoms with van der Waals surface area (Å²) in [7, 11) is 0. The number of ether oxygens (including phenoxy) is 3. The van der Waals surface area contributed by atoms with Crippen LogP contribution in [-0.2, 0) is 9.47 Å². The average molecular weight is 398 g/mol. The van der Waals surface area contributed by atoms with Crippen LogP contribution in [0.5, 0.6) is 6.01 Å². The van der Waals surface area contributed by atoms with Crippen molar-refractivity contribution in [3.63, 3.8) is 0 Å². The summed E-state index contributed by atoms with van der Waals surface area (Å²) in [5.41, 5.74) is 2.64. The van der Waals surface area contributed by atoms with E-state index in [2.05, 4.69) is 21.9 Å². The minimum atomic E-state index is -0.590. The van der Waals surface area contributed by atoms with Gasteiger partial charge in [0, 0.05) is 17.7 Å². The molecule has 0 aliphatic carbocycles. The van der Waals surface area contributed by atoms with Crippen LogP contribution in [0.2, 0.25) is 0 Å². The maximum Gasteiger partial charge on any atom is 0.317 e. The van der Waals surface area contributed by atoms with Crippen LogP contribution < -0.4 is 4.74 Å². The standard InChI is InChI=1S/C21H23FN4O3/c1-12(2)29-21-23-9-8-16(24-21)18-17(14-4-6-15(22)7-5-14)25-19(26-18)20-27-10-13(3)11-28-20/h4-9,12-13,20H,10-11H2,1-3H3,(H,25,26). The Hall–Kier alpha value is -2.84. The lowest BCUT2D eigenvalue weighted by Gasteiger charge is -2.25. The first-order valence-electron chi connectivity index (χ1n) is 9.58. The lowest BCUT2D eigenvalue weighted by atomic mass is 10.1. The summed E-state index contributed by atoms with van der Waals surface area (Å²) in [4.78, 5) is 16.6. The van der Waals surface area contributed by atoms with Gasteiger partial charge >= 0.3 is 6.01 Å². The monoisotopic (exact) mass is 398 g/mol. The van der Waals surface area contributed by atoms with Crippen LogP contribution in [-0.4, -0.2) is 39.3 Å². The van der Waals surface area contributed by atoms with E-state index in [4.69, 9.17) is 19.2 Å². The molecule has 0 spiro atoms. The van der Waals surface area contributed by atoms with E-state index in [0.29, 0.717) is 42.0 Å². The van der Waals surface area contributed by atoms with Crippen LogP contribution in [0.15, 0.2) is 36.5 Å². The minimum Gasteiger partial charge on any atom is -0.461 e. The van der Waals surface area contributed by atoms with Crippen LogP contribution in [0.25, 0.3) is 22.6 Å². The van der Waals surface area contributed by atoms with Crippen molar-refractivity contribution in [1.29, 1.82) is 0 Å². The van der Waals surface area contributed by atoms with Crippen molar-refractivity contribution in [2.75, 3.05) is 13.2 Å². The summed E-state index contributed by atoms with van der Waals surface area (Å²) in [6, 6.07) is 8.19. The number of nitrogens with one attached hydrogen (secondary N) is 1. The van der Waals surface area contributed by atoms with Gasteiger partial charge in [-0.05, 0) is 44.2 Å². The van der Waals surface area contributed by atoms with Crippen LogP contribution in [0, 0.1) is 11.7 Å². The van der Waals surface area contributed by atoms with Gasteiger partial charge in [0.15, 0.2) is 5.82 Å². The molecule has 0 radical (unpaired) electrons. The number of rotatable bonds is 5. The van der Waals surface area contributed by atoms with Crippen molar-refractivity contribution in [1.82, 2.24) is 19.9 Å². The molecule has 1 aliphatic rings. The minimum absolute atomic E-state index is 0.0508. The average Bonchev–Trinajstić information content (AvgIpc) is 3.14. The predicted octanol–water partition coefficient (Wildman–Crippen LogP) is 4.14. The van der Waals surface area contributed by atoms with E-state index in [9.17, 15) is 4.39 Å². The molecule has 0 bridgehead atoms. The smallest absolute Gasteiger partial charge is 0.317 e. The molecular weight excluding hydrogens is 375 g/mol. The van der Waals surface area contributed by atoms with Gasteiger partial charge in [0.2, 0.25) is 6.29 Å². The Morgan fingerprint density at radius 2 is 1.83 bits per heavy atom. The van der Waals surface area contributed by atoms with E-state index < -0.39 is 6.29 Å². The number of nitrogens with zero attached hydrogens (tertiary/aromatic N) is 3. The fraction of sp³-hybridized carbons (Fsp3) is 0.381. The molecule has 0 saturated carbocycles. The Kier molecular flexibility index (Phi) is 5.55. The van der Waals surface area contributed by atoms with Gasteiger partial charge in [0.05, 0.1) is 36.4 Å². The number of aromatic nitrogens is 4. The third-order valence-corrected chi connectivity index (χ3v) is 4.36. The van der Waals surface area contributed by atoms with Crippen LogP contribution in [0.1, 0.15) is 32.9 Å². The molecule has 152 valence electrons. The lowest BCUT2D eigenvalue weighted by molar-refractivity contribution is -0.205. The molecule has 7 nitrogen and oxygen atoms in total. The Morgan fingerprint density at radius 1 is 1.10 bits per heavy atom. The molecule has 3 aromatic rings. The van der Waals surface area contributed by atoms with E-state index in [1.807, 2.05) is 13.8 Å². The zero-order valence-corrected chi connectivity index (χ0v) is 16.6. The summed E-state index contributed by atoms with van der Waals surface area (Å²) in [5, 5.41) is 0. The molecule has 0 amide bonds. The molecule has 3 heterocycles. The number of aromatic amines is 1. The summed E-state index contributed by atoms with van der Waals surface area (Å²) < 4.78 is 30.6. The maximum absolute atomic E-state index is 13.4. The molecule has 0 atom stereocenters. The fourth-order valence-corrected chi connectivity index (χ4v) is 3.01. The van der Waals surface area contributed by atoms with Crippen LogP contribution >= 0.6 is 0 Å². The van der Waals surface area contributed by atoms with Crippen molar-refractivity contribution in [2.45, 2.75) is 33.2 Å². The van der Waals surface area contributed by atoms with Crippen molar-refractivity contribution in [3.05, 3.63) is 48.2 Å². The van der Waals surface area contributed by atoms with Gasteiger partial charge in [-0.25, -0.2) is 14.4 Å². The van der Waals surface area contributed by atoms with Crippen molar-refractivity contribution >= 4 is 0 Å². The highest BCUT2D eigenvalue weighted by Gasteiger charge is 2.26. The van der Waals surface area contributed by atoms with E-state index in [0.717, 1.165) is 5.56 Å². The summed E-state index contributed by atoms with van der Waals surface area (Å²) in [6.45, 7) is 7.06. The highest BCUT2D eigenvalue weighted by atomic mass is 19.1. The van der Waals surface area contributed by atoms with Crippen LogP contribution in [0.3, 0.4) is 0 Å². The topological polar surface area (TPSA) is 82.2 Å². The second-order valence-corrected chi connectivity index (χ2v) is 7.35. The highest BCUT2D eigenvalue weighted by molar-refractivity contribution is 5.76. The van der Waals surface area contributed by atoms with Gasteiger partial charge in [-0.1, -0.05) is 6.92 Å². The van der Waals surface area contributed by atoms with E-state index in [1.165, 1.54) is 12.1 Å². The van der Waals surface area contributed by atoms with Gasteiger partial charge in [0.1, 0.15) is 5.82 Å². The zero-order valence-electron chi connectivity index (χ0n) is 16.6. The molecule has 1 aromatic carbocycles. The van der Waals surface area contributed by atoms with Gasteiger partial charge in [-0.3, -0.25) is 0 Å². The third kappa shape index (κ3) is 4.44. The second-order valence-electron chi connectivity index (χ2n) is 7.35. The summed E-state index contributed by atoms with van der Waals surface area (Å²) in [5.74, 6) is 0.555. The van der Waals surface area contributed by atoms with E-state index in [1.54, 1.807) is 24.4 Å². The molecule has 0 unspecified atom stereocenters.